The fourth-order valence-corrected chi connectivity index (χ4v) is 2.02. The zero-order valence-corrected chi connectivity index (χ0v) is 9.60. The topological polar surface area (TPSA) is 59.3 Å². The lowest BCUT2D eigenvalue weighted by Crippen LogP contribution is -2.33. The summed E-state index contributed by atoms with van der Waals surface area (Å²) in [6, 6.07) is 0.931. The van der Waals surface area contributed by atoms with E-state index in [1.54, 1.807) is 0 Å². The number of pyridine rings is 1. The van der Waals surface area contributed by atoms with Gasteiger partial charge in [0.05, 0.1) is 17.2 Å². The van der Waals surface area contributed by atoms with Crippen LogP contribution in [0.15, 0.2) is 12.3 Å². The van der Waals surface area contributed by atoms with Gasteiger partial charge in [0, 0.05) is 13.1 Å². The summed E-state index contributed by atoms with van der Waals surface area (Å²) in [6.45, 7) is 3.63. The average molecular weight is 239 g/mol. The van der Waals surface area contributed by atoms with Crippen LogP contribution in [0, 0.1) is 21.8 Å². The summed E-state index contributed by atoms with van der Waals surface area (Å²) in [5.41, 5.74) is -0.250. The number of nitrogens with zero attached hydrogens (tertiary/aromatic N) is 3. The summed E-state index contributed by atoms with van der Waals surface area (Å²) in [7, 11) is 0. The molecule has 1 saturated heterocycles. The molecule has 6 heteroatoms. The second kappa shape index (κ2) is 4.65. The van der Waals surface area contributed by atoms with Crippen LogP contribution in [0.25, 0.3) is 0 Å². The van der Waals surface area contributed by atoms with Crippen molar-refractivity contribution in [1.29, 1.82) is 0 Å². The van der Waals surface area contributed by atoms with Crippen LogP contribution in [0.4, 0.5) is 15.9 Å². The Hall–Kier alpha value is -1.72. The fourth-order valence-electron chi connectivity index (χ4n) is 2.02. The smallest absolute Gasteiger partial charge is 0.314 e. The van der Waals surface area contributed by atoms with E-state index in [0.29, 0.717) is 5.92 Å². The van der Waals surface area contributed by atoms with Gasteiger partial charge in [0.2, 0.25) is 5.82 Å². The molecule has 1 aliphatic heterocycles. The molecule has 0 atom stereocenters. The van der Waals surface area contributed by atoms with Crippen molar-refractivity contribution in [3.05, 3.63) is 28.2 Å². The van der Waals surface area contributed by atoms with Gasteiger partial charge in [0.25, 0.3) is 0 Å². The number of piperidine rings is 1. The van der Waals surface area contributed by atoms with E-state index in [1.165, 1.54) is 0 Å². The van der Waals surface area contributed by atoms with E-state index in [9.17, 15) is 14.5 Å². The molecule has 1 fully saturated rings. The average Bonchev–Trinajstić information content (AvgIpc) is 2.30. The van der Waals surface area contributed by atoms with Crippen molar-refractivity contribution >= 4 is 11.5 Å². The van der Waals surface area contributed by atoms with Gasteiger partial charge in [-0.1, -0.05) is 6.92 Å². The van der Waals surface area contributed by atoms with Gasteiger partial charge < -0.3 is 4.90 Å². The molecule has 92 valence electrons. The Kier molecular flexibility index (Phi) is 3.21. The maximum absolute atomic E-state index is 13.0. The predicted molar refractivity (Wildman–Crippen MR) is 61.5 cm³/mol. The maximum atomic E-state index is 13.0. The van der Waals surface area contributed by atoms with E-state index < -0.39 is 10.7 Å². The minimum atomic E-state index is -0.675. The van der Waals surface area contributed by atoms with E-state index in [4.69, 9.17) is 0 Å². The first-order valence-corrected chi connectivity index (χ1v) is 5.63. The second-order valence-electron chi connectivity index (χ2n) is 4.42. The lowest BCUT2D eigenvalue weighted by Gasteiger charge is -2.30. The van der Waals surface area contributed by atoms with Crippen LogP contribution in [0.3, 0.4) is 0 Å². The summed E-state index contributed by atoms with van der Waals surface area (Å²) in [6.07, 6.45) is 2.99. The number of hydrogen-bond donors (Lipinski definition) is 0. The van der Waals surface area contributed by atoms with E-state index in [2.05, 4.69) is 11.9 Å². The van der Waals surface area contributed by atoms with Gasteiger partial charge in [0.15, 0.2) is 0 Å². The SMILES string of the molecule is CC1CCN(c2ncc(F)cc2[N+](=O)[O-])CC1. The zero-order valence-electron chi connectivity index (χ0n) is 9.60. The molecule has 0 aliphatic carbocycles. The molecule has 0 radical (unpaired) electrons. The molecule has 0 amide bonds. The Morgan fingerprint density at radius 1 is 1.53 bits per heavy atom. The van der Waals surface area contributed by atoms with Crippen molar-refractivity contribution in [3.63, 3.8) is 0 Å². The molecule has 1 aromatic heterocycles. The van der Waals surface area contributed by atoms with Gasteiger partial charge in [-0.15, -0.1) is 0 Å². The molecule has 5 nitrogen and oxygen atoms in total. The third-order valence-electron chi connectivity index (χ3n) is 3.09. The molecule has 17 heavy (non-hydrogen) atoms. The second-order valence-corrected chi connectivity index (χ2v) is 4.42. The summed E-state index contributed by atoms with van der Waals surface area (Å²) >= 11 is 0. The van der Waals surface area contributed by atoms with Crippen molar-refractivity contribution < 1.29 is 9.31 Å². The monoisotopic (exact) mass is 239 g/mol. The van der Waals surface area contributed by atoms with Crippen molar-refractivity contribution in [3.8, 4) is 0 Å². The summed E-state index contributed by atoms with van der Waals surface area (Å²) in [5, 5.41) is 10.9. The Morgan fingerprint density at radius 2 is 2.18 bits per heavy atom. The first-order valence-electron chi connectivity index (χ1n) is 5.63. The highest BCUT2D eigenvalue weighted by atomic mass is 19.1. The molecule has 0 spiro atoms. The van der Waals surface area contributed by atoms with Crippen LogP contribution in [0.5, 0.6) is 0 Å². The quantitative estimate of drug-likeness (QED) is 0.587. The molecular formula is C11H14FN3O2. The number of hydrogen-bond acceptors (Lipinski definition) is 4. The van der Waals surface area contributed by atoms with Crippen LogP contribution in [0.2, 0.25) is 0 Å². The molecule has 0 saturated carbocycles. The van der Waals surface area contributed by atoms with E-state index >= 15 is 0 Å². The van der Waals surface area contributed by atoms with Crippen molar-refractivity contribution in [2.75, 3.05) is 18.0 Å². The van der Waals surface area contributed by atoms with E-state index in [0.717, 1.165) is 38.2 Å². The van der Waals surface area contributed by atoms with Gasteiger partial charge in [-0.2, -0.15) is 0 Å². The van der Waals surface area contributed by atoms with Crippen molar-refractivity contribution in [1.82, 2.24) is 4.98 Å². The summed E-state index contributed by atoms with van der Waals surface area (Å²) in [5.74, 6) is 0.236. The Morgan fingerprint density at radius 3 is 2.76 bits per heavy atom. The molecule has 1 aromatic rings. The minimum absolute atomic E-state index is 0.250. The van der Waals surface area contributed by atoms with Gasteiger partial charge >= 0.3 is 5.69 Å². The molecule has 0 aromatic carbocycles. The third-order valence-corrected chi connectivity index (χ3v) is 3.09. The summed E-state index contributed by atoms with van der Waals surface area (Å²) in [4.78, 5) is 16.0. The Labute approximate surface area is 98.4 Å². The number of anilines is 1. The van der Waals surface area contributed by atoms with Gasteiger partial charge in [-0.3, -0.25) is 10.1 Å². The Balaban J connectivity index is 2.28. The van der Waals surface area contributed by atoms with Gasteiger partial charge in [0.1, 0.15) is 5.82 Å². The predicted octanol–water partition coefficient (Wildman–Crippen LogP) is 2.37. The summed E-state index contributed by atoms with van der Waals surface area (Å²) < 4.78 is 13.0. The number of nitro groups is 1. The highest BCUT2D eigenvalue weighted by Crippen LogP contribution is 2.29. The number of halogens is 1. The van der Waals surface area contributed by atoms with Gasteiger partial charge in [-0.05, 0) is 18.8 Å². The normalized spacial score (nSPS) is 17.2. The molecule has 0 bridgehead atoms. The first kappa shape index (κ1) is 11.8. The molecule has 1 aliphatic rings. The minimum Gasteiger partial charge on any atom is -0.351 e. The van der Waals surface area contributed by atoms with Gasteiger partial charge in [-0.25, -0.2) is 9.37 Å². The fraction of sp³-hybridized carbons (Fsp3) is 0.545. The molecule has 0 N–H and O–H groups in total. The van der Waals surface area contributed by atoms with Crippen LogP contribution in [-0.2, 0) is 0 Å². The third kappa shape index (κ3) is 2.51. The largest absolute Gasteiger partial charge is 0.351 e. The van der Waals surface area contributed by atoms with E-state index in [-0.39, 0.29) is 11.5 Å². The standard InChI is InChI=1S/C11H14FN3O2/c1-8-2-4-14(5-3-8)11-10(15(16)17)6-9(12)7-13-11/h6-8H,2-5H2,1H3. The molecular weight excluding hydrogens is 225 g/mol. The first-order chi connectivity index (χ1) is 8.08. The van der Waals surface area contributed by atoms with Crippen molar-refractivity contribution in [2.24, 2.45) is 5.92 Å². The zero-order chi connectivity index (χ0) is 12.4. The number of aromatic nitrogens is 1. The van der Waals surface area contributed by atoms with Crippen LogP contribution in [-0.4, -0.2) is 23.0 Å². The lowest BCUT2D eigenvalue weighted by molar-refractivity contribution is -0.384. The number of rotatable bonds is 2. The molecule has 0 unspecified atom stereocenters. The maximum Gasteiger partial charge on any atom is 0.314 e. The Bertz CT molecular complexity index is 431. The molecule has 2 heterocycles. The lowest BCUT2D eigenvalue weighted by atomic mass is 9.99. The highest BCUT2D eigenvalue weighted by molar-refractivity contribution is 5.57. The van der Waals surface area contributed by atoms with Crippen LogP contribution < -0.4 is 4.90 Å². The molecule has 2 rings (SSSR count). The van der Waals surface area contributed by atoms with E-state index in [1.807, 2.05) is 4.90 Å². The van der Waals surface area contributed by atoms with Crippen LogP contribution in [0.1, 0.15) is 19.8 Å². The van der Waals surface area contributed by atoms with Crippen molar-refractivity contribution in [2.45, 2.75) is 19.8 Å². The van der Waals surface area contributed by atoms with Crippen LogP contribution >= 0.6 is 0 Å². The highest BCUT2D eigenvalue weighted by Gasteiger charge is 2.25.